The maximum absolute atomic E-state index is 5.87. The smallest absolute Gasteiger partial charge is 0.318 e. The second kappa shape index (κ2) is 7.78. The minimum Gasteiger partial charge on any atom is -0.407 e. The molecule has 5 heteroatoms. The van der Waals surface area contributed by atoms with Gasteiger partial charge in [-0.3, -0.25) is 0 Å². The highest BCUT2D eigenvalue weighted by molar-refractivity contribution is 5.26. The zero-order valence-corrected chi connectivity index (χ0v) is 14.7. The van der Waals surface area contributed by atoms with Gasteiger partial charge in [0.2, 0.25) is 5.89 Å². The molecule has 1 aromatic heterocycles. The molecule has 0 aromatic carbocycles. The van der Waals surface area contributed by atoms with Crippen LogP contribution in [0, 0.1) is 5.92 Å². The van der Waals surface area contributed by atoms with Crippen molar-refractivity contribution in [1.29, 1.82) is 0 Å². The molecule has 0 aliphatic heterocycles. The van der Waals surface area contributed by atoms with E-state index < -0.39 is 0 Å². The quantitative estimate of drug-likeness (QED) is 0.794. The minimum absolute atomic E-state index is 0.0433. The Morgan fingerprint density at radius 2 is 1.76 bits per heavy atom. The largest absolute Gasteiger partial charge is 0.407 e. The van der Waals surface area contributed by atoms with Gasteiger partial charge in [-0.15, -0.1) is 5.10 Å². The molecule has 0 aliphatic carbocycles. The Morgan fingerprint density at radius 3 is 2.24 bits per heavy atom. The maximum Gasteiger partial charge on any atom is 0.318 e. The van der Waals surface area contributed by atoms with Gasteiger partial charge in [-0.2, -0.15) is 0 Å². The molecule has 122 valence electrons. The van der Waals surface area contributed by atoms with Gasteiger partial charge in [0.25, 0.3) is 0 Å². The van der Waals surface area contributed by atoms with Crippen molar-refractivity contribution in [2.75, 3.05) is 11.4 Å². The molecule has 0 bridgehead atoms. The van der Waals surface area contributed by atoms with Crippen LogP contribution < -0.4 is 10.2 Å². The molecule has 0 saturated carbocycles. The van der Waals surface area contributed by atoms with E-state index >= 15 is 0 Å². The highest BCUT2D eigenvalue weighted by Gasteiger charge is 2.22. The molecular formula is C16H32N4O. The molecule has 1 rings (SSSR count). The first-order valence-electron chi connectivity index (χ1n) is 8.10. The molecule has 0 amide bonds. The third-order valence-electron chi connectivity index (χ3n) is 3.42. The summed E-state index contributed by atoms with van der Waals surface area (Å²) < 4.78 is 5.87. The Balaban J connectivity index is 2.81. The van der Waals surface area contributed by atoms with Crippen LogP contribution in [0.1, 0.15) is 67.2 Å². The van der Waals surface area contributed by atoms with E-state index in [1.165, 1.54) is 0 Å². The average molecular weight is 296 g/mol. The number of hydrogen-bond acceptors (Lipinski definition) is 5. The van der Waals surface area contributed by atoms with Gasteiger partial charge >= 0.3 is 6.01 Å². The number of aromatic nitrogens is 2. The van der Waals surface area contributed by atoms with Crippen molar-refractivity contribution in [2.45, 2.75) is 79.4 Å². The van der Waals surface area contributed by atoms with Crippen LogP contribution in [-0.4, -0.2) is 28.3 Å². The predicted molar refractivity (Wildman–Crippen MR) is 87.4 cm³/mol. The van der Waals surface area contributed by atoms with Gasteiger partial charge in [-0.25, -0.2) is 0 Å². The summed E-state index contributed by atoms with van der Waals surface area (Å²) in [6, 6.07) is 1.11. The van der Waals surface area contributed by atoms with E-state index in [4.69, 9.17) is 4.42 Å². The normalized spacial score (nSPS) is 12.4. The van der Waals surface area contributed by atoms with Gasteiger partial charge < -0.3 is 14.6 Å². The number of hydrogen-bond donors (Lipinski definition) is 1. The summed E-state index contributed by atoms with van der Waals surface area (Å²) in [6.45, 7) is 16.8. The van der Waals surface area contributed by atoms with E-state index in [2.05, 4.69) is 68.9 Å². The lowest BCUT2D eigenvalue weighted by molar-refractivity contribution is 0.373. The monoisotopic (exact) mass is 296 g/mol. The van der Waals surface area contributed by atoms with Crippen molar-refractivity contribution in [2.24, 2.45) is 5.92 Å². The zero-order valence-electron chi connectivity index (χ0n) is 14.7. The Labute approximate surface area is 129 Å². The van der Waals surface area contributed by atoms with Crippen LogP contribution in [0.25, 0.3) is 0 Å². The van der Waals surface area contributed by atoms with E-state index in [1.807, 2.05) is 0 Å². The summed E-state index contributed by atoms with van der Waals surface area (Å²) in [5, 5.41) is 11.8. The van der Waals surface area contributed by atoms with E-state index in [0.717, 1.165) is 19.4 Å². The van der Waals surface area contributed by atoms with Gasteiger partial charge in [0.1, 0.15) is 0 Å². The molecule has 5 nitrogen and oxygen atoms in total. The van der Waals surface area contributed by atoms with Crippen LogP contribution in [0.2, 0.25) is 0 Å². The van der Waals surface area contributed by atoms with Crippen LogP contribution in [0.3, 0.4) is 0 Å². The van der Waals surface area contributed by atoms with Gasteiger partial charge in [-0.05, 0) is 39.5 Å². The van der Waals surface area contributed by atoms with Gasteiger partial charge in [0, 0.05) is 18.1 Å². The Morgan fingerprint density at radius 1 is 1.14 bits per heavy atom. The first-order chi connectivity index (χ1) is 9.76. The molecule has 1 N–H and O–H groups in total. The summed E-state index contributed by atoms with van der Waals surface area (Å²) in [5.41, 5.74) is 0.0433. The van der Waals surface area contributed by atoms with Crippen LogP contribution >= 0.6 is 0 Å². The molecule has 0 radical (unpaired) electrons. The van der Waals surface area contributed by atoms with E-state index in [1.54, 1.807) is 0 Å². The molecule has 0 unspecified atom stereocenters. The Bertz CT molecular complexity index is 405. The summed E-state index contributed by atoms with van der Waals surface area (Å²) in [7, 11) is 0. The second-order valence-corrected chi connectivity index (χ2v) is 7.10. The van der Waals surface area contributed by atoms with Gasteiger partial charge in [0.05, 0.1) is 6.54 Å². The summed E-state index contributed by atoms with van der Waals surface area (Å²) in [5.74, 6) is 1.22. The highest BCUT2D eigenvalue weighted by atomic mass is 16.4. The summed E-state index contributed by atoms with van der Waals surface area (Å²) >= 11 is 0. The molecular weight excluding hydrogens is 264 g/mol. The third-order valence-corrected chi connectivity index (χ3v) is 3.42. The fraction of sp³-hybridized carbons (Fsp3) is 0.875. The molecule has 0 spiro atoms. The number of nitrogens with zero attached hydrogens (tertiary/aromatic N) is 3. The molecule has 0 fully saturated rings. The number of rotatable bonds is 8. The van der Waals surface area contributed by atoms with Crippen molar-refractivity contribution in [1.82, 2.24) is 15.5 Å². The first kappa shape index (κ1) is 18.0. The molecule has 0 saturated heterocycles. The summed E-state index contributed by atoms with van der Waals surface area (Å²) in [6.07, 6.45) is 2.17. The zero-order chi connectivity index (χ0) is 16.0. The van der Waals surface area contributed by atoms with Crippen molar-refractivity contribution >= 4 is 6.01 Å². The standard InChI is InChI=1S/C16H32N4O/c1-8-13(9-2)20(11-12(3)4)15-19-18-14(21-15)10-17-16(5,6)7/h12-13,17H,8-11H2,1-7H3. The first-order valence-corrected chi connectivity index (χ1v) is 8.10. The fourth-order valence-corrected chi connectivity index (χ4v) is 2.28. The molecule has 0 aliphatic rings. The lowest BCUT2D eigenvalue weighted by Gasteiger charge is -2.30. The lowest BCUT2D eigenvalue weighted by atomic mass is 10.1. The Hall–Kier alpha value is -1.10. The van der Waals surface area contributed by atoms with Crippen LogP contribution in [-0.2, 0) is 6.54 Å². The molecule has 21 heavy (non-hydrogen) atoms. The van der Waals surface area contributed by atoms with Gasteiger partial charge in [-0.1, -0.05) is 32.8 Å². The number of nitrogens with one attached hydrogen (secondary N) is 1. The Kier molecular flexibility index (Phi) is 6.65. The molecule has 1 aromatic rings. The highest BCUT2D eigenvalue weighted by Crippen LogP contribution is 2.21. The van der Waals surface area contributed by atoms with Crippen LogP contribution in [0.15, 0.2) is 4.42 Å². The van der Waals surface area contributed by atoms with E-state index in [-0.39, 0.29) is 5.54 Å². The minimum atomic E-state index is 0.0433. The number of anilines is 1. The van der Waals surface area contributed by atoms with Crippen molar-refractivity contribution in [3.8, 4) is 0 Å². The maximum atomic E-state index is 5.87. The second-order valence-electron chi connectivity index (χ2n) is 7.10. The van der Waals surface area contributed by atoms with Crippen molar-refractivity contribution in [3.63, 3.8) is 0 Å². The average Bonchev–Trinajstić information content (AvgIpc) is 2.84. The molecule has 0 atom stereocenters. The van der Waals surface area contributed by atoms with Crippen LogP contribution in [0.4, 0.5) is 6.01 Å². The van der Waals surface area contributed by atoms with E-state index in [0.29, 0.717) is 30.4 Å². The SMILES string of the molecule is CCC(CC)N(CC(C)C)c1nnc(CNC(C)(C)C)o1. The lowest BCUT2D eigenvalue weighted by Crippen LogP contribution is -2.37. The predicted octanol–water partition coefficient (Wildman–Crippen LogP) is 3.61. The topological polar surface area (TPSA) is 54.2 Å². The van der Waals surface area contributed by atoms with Gasteiger partial charge in [0.15, 0.2) is 0 Å². The van der Waals surface area contributed by atoms with Crippen molar-refractivity contribution in [3.05, 3.63) is 5.89 Å². The van der Waals surface area contributed by atoms with E-state index in [9.17, 15) is 0 Å². The summed E-state index contributed by atoms with van der Waals surface area (Å²) in [4.78, 5) is 2.26. The third kappa shape index (κ3) is 6.04. The fourth-order valence-electron chi connectivity index (χ4n) is 2.28. The van der Waals surface area contributed by atoms with Crippen LogP contribution in [0.5, 0.6) is 0 Å². The van der Waals surface area contributed by atoms with Crippen molar-refractivity contribution < 1.29 is 4.42 Å². The molecule has 1 heterocycles.